The maximum atomic E-state index is 12.4. The maximum Gasteiger partial charge on any atom is 0.285 e. The fourth-order valence-electron chi connectivity index (χ4n) is 3.71. The van der Waals surface area contributed by atoms with Gasteiger partial charge in [-0.15, -0.1) is 11.3 Å². The average Bonchev–Trinajstić information content (AvgIpc) is 3.24. The molecule has 158 valence electrons. The summed E-state index contributed by atoms with van der Waals surface area (Å²) in [6.45, 7) is 4.85. The van der Waals surface area contributed by atoms with Crippen molar-refractivity contribution >= 4 is 28.2 Å². The highest BCUT2D eigenvalue weighted by Gasteiger charge is 2.22. The quantitative estimate of drug-likeness (QED) is 0.674. The van der Waals surface area contributed by atoms with Gasteiger partial charge >= 0.3 is 0 Å². The van der Waals surface area contributed by atoms with E-state index in [2.05, 4.69) is 26.7 Å². The zero-order valence-electron chi connectivity index (χ0n) is 16.7. The molecule has 2 aliphatic rings. The Labute approximate surface area is 179 Å². The summed E-state index contributed by atoms with van der Waals surface area (Å²) in [5, 5.41) is 16.4. The summed E-state index contributed by atoms with van der Waals surface area (Å²) < 4.78 is 5.29. The number of nitrogens with one attached hydrogen (secondary N) is 2. The number of carbonyl (C=O) groups excluding carboxylic acids is 1. The van der Waals surface area contributed by atoms with Gasteiger partial charge in [0.15, 0.2) is 5.13 Å². The highest BCUT2D eigenvalue weighted by Crippen LogP contribution is 2.27. The van der Waals surface area contributed by atoms with Crippen LogP contribution in [0.15, 0.2) is 23.6 Å². The lowest BCUT2D eigenvalue weighted by Crippen LogP contribution is -2.48. The molecule has 30 heavy (non-hydrogen) atoms. The summed E-state index contributed by atoms with van der Waals surface area (Å²) in [7, 11) is 0. The van der Waals surface area contributed by atoms with E-state index >= 15 is 0 Å². The minimum absolute atomic E-state index is 0.220. The Morgan fingerprint density at radius 3 is 3.00 bits per heavy atom. The van der Waals surface area contributed by atoms with Gasteiger partial charge in [0.05, 0.1) is 25.8 Å². The van der Waals surface area contributed by atoms with Gasteiger partial charge < -0.3 is 10.1 Å². The Morgan fingerprint density at radius 2 is 2.17 bits per heavy atom. The molecule has 2 aromatic heterocycles. The first kappa shape index (κ1) is 20.7. The molecule has 1 amide bonds. The molecule has 2 N–H and O–H groups in total. The van der Waals surface area contributed by atoms with Crippen LogP contribution in [0.4, 0.5) is 10.9 Å². The summed E-state index contributed by atoms with van der Waals surface area (Å²) in [6, 6.07) is 8.15. The third-order valence-corrected chi connectivity index (χ3v) is 5.99. The number of hydrazine groups is 1. The minimum atomic E-state index is -0.220. The monoisotopic (exact) mass is 427 g/mol. The topological polar surface area (TPSA) is 106 Å². The van der Waals surface area contributed by atoms with Gasteiger partial charge in [0.2, 0.25) is 0 Å². The van der Waals surface area contributed by atoms with Crippen LogP contribution in [0.25, 0.3) is 0 Å². The second-order valence-electron chi connectivity index (χ2n) is 7.38. The number of morpholine rings is 1. The Balaban J connectivity index is 1.37. The van der Waals surface area contributed by atoms with Gasteiger partial charge in [-0.05, 0) is 31.5 Å². The third kappa shape index (κ3) is 5.31. The number of rotatable bonds is 6. The van der Waals surface area contributed by atoms with E-state index in [-0.39, 0.29) is 5.91 Å². The molecule has 0 unspecified atom stereocenters. The zero-order chi connectivity index (χ0) is 20.8. The number of hydrogen-bond donors (Lipinski definition) is 2. The smallest absolute Gasteiger partial charge is 0.285 e. The number of nitrogens with zero attached hydrogens (tertiary/aromatic N) is 5. The molecule has 0 radical (unpaired) electrons. The van der Waals surface area contributed by atoms with Crippen LogP contribution in [0.2, 0.25) is 0 Å². The van der Waals surface area contributed by atoms with Crippen LogP contribution in [0.3, 0.4) is 0 Å². The van der Waals surface area contributed by atoms with Gasteiger partial charge in [-0.3, -0.25) is 15.1 Å². The van der Waals surface area contributed by atoms with Crippen molar-refractivity contribution < 1.29 is 9.53 Å². The number of amides is 1. The molecule has 0 saturated carbocycles. The number of carbonyl (C=O) groups is 1. The molecule has 2 aromatic rings. The van der Waals surface area contributed by atoms with Gasteiger partial charge in [0.1, 0.15) is 11.5 Å². The van der Waals surface area contributed by atoms with Crippen molar-refractivity contribution in [3.05, 3.63) is 35.0 Å². The number of pyridine rings is 1. The van der Waals surface area contributed by atoms with Crippen molar-refractivity contribution in [2.24, 2.45) is 0 Å². The lowest BCUT2D eigenvalue weighted by atomic mass is 9.94. The molecule has 0 aliphatic carbocycles. The molecule has 0 spiro atoms. The Bertz CT molecular complexity index is 907. The highest BCUT2D eigenvalue weighted by atomic mass is 32.1. The van der Waals surface area contributed by atoms with Crippen LogP contribution in [-0.4, -0.2) is 71.7 Å². The van der Waals surface area contributed by atoms with E-state index in [1.807, 2.05) is 23.2 Å². The molecule has 4 rings (SSSR count). The van der Waals surface area contributed by atoms with Crippen LogP contribution in [0.1, 0.15) is 34.9 Å². The molecule has 4 heterocycles. The first-order valence-corrected chi connectivity index (χ1v) is 11.0. The number of hydrogen-bond acceptors (Lipinski definition) is 9. The van der Waals surface area contributed by atoms with Crippen molar-refractivity contribution in [1.29, 1.82) is 5.26 Å². The molecular weight excluding hydrogens is 402 g/mol. The van der Waals surface area contributed by atoms with Crippen LogP contribution in [0, 0.1) is 11.3 Å². The molecule has 0 bridgehead atoms. The van der Waals surface area contributed by atoms with Crippen LogP contribution in [0.5, 0.6) is 0 Å². The lowest BCUT2D eigenvalue weighted by molar-refractivity contribution is 0.0125. The average molecular weight is 428 g/mol. The number of nitriles is 1. The van der Waals surface area contributed by atoms with E-state index in [0.717, 1.165) is 31.6 Å². The van der Waals surface area contributed by atoms with Gasteiger partial charge in [0, 0.05) is 36.6 Å². The minimum Gasteiger partial charge on any atom is -0.379 e. The Hall–Kier alpha value is -2.58. The van der Waals surface area contributed by atoms with Crippen molar-refractivity contribution in [2.45, 2.75) is 18.8 Å². The highest BCUT2D eigenvalue weighted by molar-refractivity contribution is 7.14. The predicted octanol–water partition coefficient (Wildman–Crippen LogP) is 1.96. The number of ether oxygens (including phenoxy) is 1. The first-order valence-electron chi connectivity index (χ1n) is 10.1. The first-order chi connectivity index (χ1) is 14.7. The number of thiazole rings is 1. The number of likely N-dealkylation sites (tertiary alicyclic amines) is 1. The molecule has 10 heteroatoms. The second kappa shape index (κ2) is 9.95. The van der Waals surface area contributed by atoms with E-state index in [4.69, 9.17) is 15.0 Å². The van der Waals surface area contributed by atoms with E-state index in [1.54, 1.807) is 5.38 Å². The van der Waals surface area contributed by atoms with Gasteiger partial charge in [-0.25, -0.2) is 15.0 Å². The Morgan fingerprint density at radius 1 is 1.30 bits per heavy atom. The summed E-state index contributed by atoms with van der Waals surface area (Å²) in [4.78, 5) is 23.7. The molecule has 2 saturated heterocycles. The zero-order valence-corrected chi connectivity index (χ0v) is 17.5. The van der Waals surface area contributed by atoms with Crippen LogP contribution >= 0.6 is 11.3 Å². The molecule has 0 aromatic carbocycles. The number of piperidine rings is 1. The van der Waals surface area contributed by atoms with Gasteiger partial charge in [0.25, 0.3) is 5.91 Å². The fraction of sp³-hybridized carbons (Fsp3) is 0.500. The standard InChI is InChI=1S/C20H25N7O2S/c21-6-8-26-7-2-3-15(13-26)16-4-1-5-18(22-16)24-20-23-17(14-30-20)19(28)25-27-9-11-29-12-10-27/h1,4-5,14-15H,2-3,7-13H2,(H,25,28)(H,22,23,24)/t15-/m0/s1. The summed E-state index contributed by atoms with van der Waals surface area (Å²) in [5.74, 6) is 0.807. The molecule has 9 nitrogen and oxygen atoms in total. The largest absolute Gasteiger partial charge is 0.379 e. The van der Waals surface area contributed by atoms with Crippen molar-refractivity contribution in [1.82, 2.24) is 25.3 Å². The Kier molecular flexibility index (Phi) is 6.86. The summed E-state index contributed by atoms with van der Waals surface area (Å²) >= 11 is 1.37. The van der Waals surface area contributed by atoms with E-state index in [0.29, 0.717) is 55.4 Å². The van der Waals surface area contributed by atoms with Crippen LogP contribution < -0.4 is 10.7 Å². The predicted molar refractivity (Wildman–Crippen MR) is 114 cm³/mol. The van der Waals surface area contributed by atoms with E-state index in [9.17, 15) is 4.79 Å². The fourth-order valence-corrected chi connectivity index (χ4v) is 4.41. The molecular formula is C20H25N7O2S. The molecule has 1 atom stereocenters. The van der Waals surface area contributed by atoms with Gasteiger partial charge in [-0.2, -0.15) is 5.26 Å². The lowest BCUT2D eigenvalue weighted by Gasteiger charge is -2.30. The SMILES string of the molecule is N#CCN1CCC[C@H](c2cccc(Nc3nc(C(=O)NN4CCOCC4)cs3)n2)C1. The third-order valence-electron chi connectivity index (χ3n) is 5.23. The van der Waals surface area contributed by atoms with Crippen molar-refractivity contribution in [3.63, 3.8) is 0 Å². The van der Waals surface area contributed by atoms with Crippen molar-refractivity contribution in [3.8, 4) is 6.07 Å². The van der Waals surface area contributed by atoms with Crippen LogP contribution in [-0.2, 0) is 4.74 Å². The summed E-state index contributed by atoms with van der Waals surface area (Å²) in [5.41, 5.74) is 4.26. The number of aromatic nitrogens is 2. The normalized spacial score (nSPS) is 20.4. The molecule has 2 fully saturated rings. The number of anilines is 2. The summed E-state index contributed by atoms with van der Waals surface area (Å²) in [6.07, 6.45) is 2.14. The molecule has 2 aliphatic heterocycles. The van der Waals surface area contributed by atoms with Crippen molar-refractivity contribution in [2.75, 3.05) is 51.3 Å². The second-order valence-corrected chi connectivity index (χ2v) is 8.24. The van der Waals surface area contributed by atoms with E-state index in [1.165, 1.54) is 11.3 Å². The maximum absolute atomic E-state index is 12.4. The van der Waals surface area contributed by atoms with E-state index < -0.39 is 0 Å². The van der Waals surface area contributed by atoms with Gasteiger partial charge in [-0.1, -0.05) is 6.07 Å².